The van der Waals surface area contributed by atoms with Crippen molar-refractivity contribution < 1.29 is 0 Å². The average molecular weight is 398 g/mol. The van der Waals surface area contributed by atoms with Gasteiger partial charge in [-0.05, 0) is 43.3 Å². The standard InChI is InChI=1S/C27H28NP/c1-21(23-13-6-3-7-14-23)28-22(2)26-19-12-20-27(26)29(24-15-8-4-9-16-24)25-17-10-5-11-18-25/h3-22,26,28H,1-2H3/t21-,22+,26?/m0/s1. The van der Waals surface area contributed by atoms with Gasteiger partial charge in [0, 0.05) is 18.0 Å². The van der Waals surface area contributed by atoms with Gasteiger partial charge in [0.1, 0.15) is 0 Å². The highest BCUT2D eigenvalue weighted by molar-refractivity contribution is 7.76. The van der Waals surface area contributed by atoms with Gasteiger partial charge in [0.25, 0.3) is 0 Å². The molecule has 3 aromatic rings. The zero-order valence-electron chi connectivity index (χ0n) is 17.1. The number of benzene rings is 3. The molecule has 3 aromatic carbocycles. The first kappa shape index (κ1) is 19.8. The van der Waals surface area contributed by atoms with E-state index in [9.17, 15) is 0 Å². The van der Waals surface area contributed by atoms with E-state index in [4.69, 9.17) is 0 Å². The van der Waals surface area contributed by atoms with E-state index >= 15 is 0 Å². The second kappa shape index (κ2) is 9.35. The number of allylic oxidation sites excluding steroid dienone is 2. The molecule has 29 heavy (non-hydrogen) atoms. The van der Waals surface area contributed by atoms with Crippen molar-refractivity contribution in [2.24, 2.45) is 5.92 Å². The first-order valence-electron chi connectivity index (χ1n) is 10.3. The molecule has 0 fully saturated rings. The molecule has 0 saturated carbocycles. The van der Waals surface area contributed by atoms with Crippen LogP contribution in [0.15, 0.2) is 115 Å². The van der Waals surface area contributed by atoms with E-state index in [0.717, 1.165) is 0 Å². The van der Waals surface area contributed by atoms with Crippen LogP contribution in [0, 0.1) is 5.92 Å². The molecule has 2 heteroatoms. The Balaban J connectivity index is 1.60. The molecule has 1 aliphatic rings. The van der Waals surface area contributed by atoms with Gasteiger partial charge >= 0.3 is 0 Å². The van der Waals surface area contributed by atoms with Gasteiger partial charge in [-0.2, -0.15) is 0 Å². The van der Waals surface area contributed by atoms with Crippen LogP contribution < -0.4 is 15.9 Å². The number of nitrogens with one attached hydrogen (secondary N) is 1. The summed E-state index contributed by atoms with van der Waals surface area (Å²) in [5, 5.41) is 8.20. The second-order valence-corrected chi connectivity index (χ2v) is 9.82. The van der Waals surface area contributed by atoms with Crippen LogP contribution in [0.3, 0.4) is 0 Å². The predicted molar refractivity (Wildman–Crippen MR) is 127 cm³/mol. The molecule has 1 nitrogen and oxygen atoms in total. The summed E-state index contributed by atoms with van der Waals surface area (Å²) >= 11 is 0. The lowest BCUT2D eigenvalue weighted by Gasteiger charge is -2.31. The maximum Gasteiger partial charge on any atom is 0.0294 e. The van der Waals surface area contributed by atoms with Gasteiger partial charge < -0.3 is 5.32 Å². The Morgan fingerprint density at radius 3 is 1.79 bits per heavy atom. The van der Waals surface area contributed by atoms with E-state index in [1.54, 1.807) is 0 Å². The second-order valence-electron chi connectivity index (χ2n) is 7.60. The molecular weight excluding hydrogens is 369 g/mol. The Morgan fingerprint density at radius 2 is 1.24 bits per heavy atom. The van der Waals surface area contributed by atoms with Crippen molar-refractivity contribution in [2.75, 3.05) is 0 Å². The molecule has 0 saturated heterocycles. The van der Waals surface area contributed by atoms with Gasteiger partial charge in [0.15, 0.2) is 0 Å². The summed E-state index contributed by atoms with van der Waals surface area (Å²) in [6.45, 7) is 4.57. The van der Waals surface area contributed by atoms with Crippen molar-refractivity contribution >= 4 is 18.5 Å². The minimum atomic E-state index is -0.544. The van der Waals surface area contributed by atoms with Crippen molar-refractivity contribution in [3.63, 3.8) is 0 Å². The zero-order valence-corrected chi connectivity index (χ0v) is 18.0. The van der Waals surface area contributed by atoms with Crippen molar-refractivity contribution in [3.8, 4) is 0 Å². The Kier molecular flexibility index (Phi) is 6.39. The summed E-state index contributed by atoms with van der Waals surface area (Å²) in [6, 6.07) is 33.3. The lowest BCUT2D eigenvalue weighted by atomic mass is 10.0. The van der Waals surface area contributed by atoms with Crippen LogP contribution in [-0.4, -0.2) is 6.04 Å². The SMILES string of the molecule is C[C@H](N[C@H](C)C1C=CC=C1P(c1ccccc1)c1ccccc1)c1ccccc1. The van der Waals surface area contributed by atoms with E-state index < -0.39 is 7.92 Å². The van der Waals surface area contributed by atoms with E-state index in [1.165, 1.54) is 21.5 Å². The van der Waals surface area contributed by atoms with Crippen LogP contribution in [-0.2, 0) is 0 Å². The molecule has 0 bridgehead atoms. The Labute approximate surface area is 175 Å². The lowest BCUT2D eigenvalue weighted by Crippen LogP contribution is -2.35. The predicted octanol–water partition coefficient (Wildman–Crippen LogP) is 5.93. The zero-order chi connectivity index (χ0) is 20.1. The molecule has 1 aliphatic carbocycles. The van der Waals surface area contributed by atoms with Gasteiger partial charge in [-0.25, -0.2) is 0 Å². The molecule has 3 atom stereocenters. The maximum atomic E-state index is 3.84. The Bertz CT molecular complexity index is 924. The molecule has 0 aliphatic heterocycles. The molecule has 0 heterocycles. The fourth-order valence-corrected chi connectivity index (χ4v) is 6.75. The van der Waals surface area contributed by atoms with Gasteiger partial charge in [-0.1, -0.05) is 109 Å². The van der Waals surface area contributed by atoms with Crippen LogP contribution >= 0.6 is 7.92 Å². The fraction of sp³-hybridized carbons (Fsp3) is 0.185. The van der Waals surface area contributed by atoms with Crippen LogP contribution in [0.4, 0.5) is 0 Å². The van der Waals surface area contributed by atoms with Crippen molar-refractivity contribution in [1.29, 1.82) is 0 Å². The summed E-state index contributed by atoms with van der Waals surface area (Å²) in [7, 11) is -0.544. The Morgan fingerprint density at radius 1 is 0.724 bits per heavy atom. The third kappa shape index (κ3) is 4.58. The van der Waals surface area contributed by atoms with Gasteiger partial charge in [-0.15, -0.1) is 0 Å². The third-order valence-corrected chi connectivity index (χ3v) is 8.16. The van der Waals surface area contributed by atoms with Gasteiger partial charge in [0.2, 0.25) is 0 Å². The third-order valence-electron chi connectivity index (χ3n) is 5.57. The monoisotopic (exact) mass is 397 g/mol. The van der Waals surface area contributed by atoms with E-state index in [2.05, 4.69) is 128 Å². The highest BCUT2D eigenvalue weighted by Crippen LogP contribution is 2.49. The summed E-state index contributed by atoms with van der Waals surface area (Å²) < 4.78 is 0. The van der Waals surface area contributed by atoms with E-state index in [-0.39, 0.29) is 0 Å². The molecule has 0 aromatic heterocycles. The van der Waals surface area contributed by atoms with Gasteiger partial charge in [-0.3, -0.25) is 0 Å². The maximum absolute atomic E-state index is 3.84. The highest BCUT2D eigenvalue weighted by atomic mass is 31.1. The molecule has 0 spiro atoms. The summed E-state index contributed by atoms with van der Waals surface area (Å²) in [5.74, 6) is 0.396. The minimum absolute atomic E-state index is 0.320. The van der Waals surface area contributed by atoms with Crippen LogP contribution in [0.2, 0.25) is 0 Å². The van der Waals surface area contributed by atoms with Crippen molar-refractivity contribution in [2.45, 2.75) is 25.9 Å². The van der Waals surface area contributed by atoms with Crippen molar-refractivity contribution in [3.05, 3.63) is 120 Å². The van der Waals surface area contributed by atoms with Crippen LogP contribution in [0.1, 0.15) is 25.5 Å². The quantitative estimate of drug-likeness (QED) is 0.487. The molecule has 4 rings (SSSR count). The van der Waals surface area contributed by atoms with Gasteiger partial charge in [0.05, 0.1) is 0 Å². The number of hydrogen-bond donors (Lipinski definition) is 1. The smallest absolute Gasteiger partial charge is 0.0294 e. The first-order valence-corrected chi connectivity index (χ1v) is 11.7. The normalized spacial score (nSPS) is 17.9. The number of rotatable bonds is 7. The highest BCUT2D eigenvalue weighted by Gasteiger charge is 2.30. The summed E-state index contributed by atoms with van der Waals surface area (Å²) in [5.41, 5.74) is 1.33. The molecule has 0 radical (unpaired) electrons. The summed E-state index contributed by atoms with van der Waals surface area (Å²) in [6.07, 6.45) is 6.96. The summed E-state index contributed by atoms with van der Waals surface area (Å²) in [4.78, 5) is 0. The largest absolute Gasteiger partial charge is 0.307 e. The first-order chi connectivity index (χ1) is 14.2. The van der Waals surface area contributed by atoms with E-state index in [1.807, 2.05) is 0 Å². The Hall–Kier alpha value is -2.47. The molecule has 1 N–H and O–H groups in total. The number of hydrogen-bond acceptors (Lipinski definition) is 1. The van der Waals surface area contributed by atoms with E-state index in [0.29, 0.717) is 18.0 Å². The van der Waals surface area contributed by atoms with Crippen LogP contribution in [0.25, 0.3) is 0 Å². The topological polar surface area (TPSA) is 12.0 Å². The lowest BCUT2D eigenvalue weighted by molar-refractivity contribution is 0.435. The molecule has 0 amide bonds. The van der Waals surface area contributed by atoms with Crippen molar-refractivity contribution in [1.82, 2.24) is 5.32 Å². The minimum Gasteiger partial charge on any atom is -0.307 e. The molecule has 1 unspecified atom stereocenters. The average Bonchev–Trinajstić information content (AvgIpc) is 3.25. The molecular formula is C27H28NP. The fourth-order valence-electron chi connectivity index (χ4n) is 4.07. The van der Waals surface area contributed by atoms with Crippen LogP contribution in [0.5, 0.6) is 0 Å². The molecule has 146 valence electrons.